The van der Waals surface area contributed by atoms with Crippen molar-refractivity contribution in [3.63, 3.8) is 0 Å². The Bertz CT molecular complexity index is 764. The van der Waals surface area contributed by atoms with Gasteiger partial charge in [0.15, 0.2) is 5.76 Å². The Hall–Kier alpha value is -2.61. The number of rotatable bonds is 5. The van der Waals surface area contributed by atoms with Gasteiger partial charge >= 0.3 is 0 Å². The van der Waals surface area contributed by atoms with Gasteiger partial charge in [-0.05, 0) is 38.1 Å². The Balaban J connectivity index is 1.48. The highest BCUT2D eigenvalue weighted by atomic mass is 16.4. The number of carbonyl (C=O) groups excluding carboxylic acids is 2. The lowest BCUT2D eigenvalue weighted by Gasteiger charge is -2.34. The summed E-state index contributed by atoms with van der Waals surface area (Å²) in [6.07, 6.45) is 6.07. The van der Waals surface area contributed by atoms with E-state index in [9.17, 15) is 9.59 Å². The number of amides is 2. The van der Waals surface area contributed by atoms with Crippen molar-refractivity contribution in [1.29, 1.82) is 0 Å². The Labute approximate surface area is 151 Å². The second-order valence-electron chi connectivity index (χ2n) is 6.84. The number of hydrogen-bond acceptors (Lipinski definition) is 5. The average Bonchev–Trinajstić information content (AvgIpc) is 3.39. The SMILES string of the molecule is O=C1NCCN(C(=O)c2ccc(CN3CCCC3)o2)[C@H]1Cc1cnc[nH]1. The lowest BCUT2D eigenvalue weighted by atomic mass is 10.1. The van der Waals surface area contributed by atoms with Crippen molar-refractivity contribution in [2.45, 2.75) is 31.8 Å². The van der Waals surface area contributed by atoms with Crippen molar-refractivity contribution in [2.75, 3.05) is 26.2 Å². The number of aromatic nitrogens is 2. The van der Waals surface area contributed by atoms with E-state index >= 15 is 0 Å². The van der Waals surface area contributed by atoms with Crippen LogP contribution in [0.4, 0.5) is 0 Å². The van der Waals surface area contributed by atoms with Gasteiger partial charge in [0.05, 0.1) is 12.9 Å². The van der Waals surface area contributed by atoms with Gasteiger partial charge in [0, 0.05) is 31.4 Å². The molecule has 2 aromatic rings. The first-order valence-corrected chi connectivity index (χ1v) is 9.08. The van der Waals surface area contributed by atoms with Crippen LogP contribution in [0.3, 0.4) is 0 Å². The monoisotopic (exact) mass is 357 g/mol. The predicted molar refractivity (Wildman–Crippen MR) is 93.3 cm³/mol. The highest BCUT2D eigenvalue weighted by molar-refractivity contribution is 5.96. The highest BCUT2D eigenvalue weighted by Gasteiger charge is 2.35. The minimum Gasteiger partial charge on any atom is -0.455 e. The molecular weight excluding hydrogens is 334 g/mol. The molecule has 4 heterocycles. The van der Waals surface area contributed by atoms with Crippen LogP contribution in [-0.2, 0) is 17.8 Å². The fraction of sp³-hybridized carbons (Fsp3) is 0.500. The zero-order chi connectivity index (χ0) is 17.9. The van der Waals surface area contributed by atoms with E-state index < -0.39 is 6.04 Å². The van der Waals surface area contributed by atoms with Crippen LogP contribution in [-0.4, -0.2) is 63.8 Å². The topological polar surface area (TPSA) is 94.5 Å². The predicted octanol–water partition coefficient (Wildman–Crippen LogP) is 0.782. The fourth-order valence-electron chi connectivity index (χ4n) is 3.65. The molecule has 0 aliphatic carbocycles. The molecule has 138 valence electrons. The molecule has 8 heteroatoms. The van der Waals surface area contributed by atoms with Crippen LogP contribution in [0.15, 0.2) is 29.1 Å². The molecule has 2 aliphatic rings. The summed E-state index contributed by atoms with van der Waals surface area (Å²) in [6, 6.07) is 3.01. The summed E-state index contributed by atoms with van der Waals surface area (Å²) in [4.78, 5) is 36.2. The van der Waals surface area contributed by atoms with Crippen molar-refractivity contribution in [1.82, 2.24) is 25.1 Å². The van der Waals surface area contributed by atoms with Crippen LogP contribution in [0.2, 0.25) is 0 Å². The molecule has 0 bridgehead atoms. The standard InChI is InChI=1S/C18H23N5O3/c24-17-15(9-13-10-19-12-21-13)23(8-5-20-17)18(25)16-4-3-14(26-16)11-22-6-1-2-7-22/h3-4,10,12,15H,1-2,5-9,11H2,(H,19,21)(H,20,24)/t15-/m0/s1. The first-order valence-electron chi connectivity index (χ1n) is 9.08. The van der Waals surface area contributed by atoms with Gasteiger partial charge in [0.25, 0.3) is 5.91 Å². The molecule has 2 amide bonds. The number of nitrogens with one attached hydrogen (secondary N) is 2. The number of piperazine rings is 1. The maximum absolute atomic E-state index is 12.9. The number of aromatic amines is 1. The van der Waals surface area contributed by atoms with Crippen molar-refractivity contribution >= 4 is 11.8 Å². The molecule has 0 spiro atoms. The molecular formula is C18H23N5O3. The number of carbonyl (C=O) groups is 2. The summed E-state index contributed by atoms with van der Waals surface area (Å²) < 4.78 is 5.79. The molecule has 2 aliphatic heterocycles. The lowest BCUT2D eigenvalue weighted by molar-refractivity contribution is -0.127. The molecule has 0 saturated carbocycles. The number of imidazole rings is 1. The molecule has 0 unspecified atom stereocenters. The van der Waals surface area contributed by atoms with Crippen LogP contribution in [0.5, 0.6) is 0 Å². The third kappa shape index (κ3) is 3.50. The summed E-state index contributed by atoms with van der Waals surface area (Å²) in [7, 11) is 0. The van der Waals surface area contributed by atoms with E-state index in [0.29, 0.717) is 25.3 Å². The number of furan rings is 1. The van der Waals surface area contributed by atoms with Gasteiger partial charge in [0.2, 0.25) is 5.91 Å². The molecule has 2 saturated heterocycles. The van der Waals surface area contributed by atoms with Crippen molar-refractivity contribution < 1.29 is 14.0 Å². The first kappa shape index (κ1) is 16.8. The van der Waals surface area contributed by atoms with Crippen molar-refractivity contribution in [2.24, 2.45) is 0 Å². The summed E-state index contributed by atoms with van der Waals surface area (Å²) in [5, 5.41) is 2.83. The molecule has 1 atom stereocenters. The minimum absolute atomic E-state index is 0.150. The van der Waals surface area contributed by atoms with E-state index in [-0.39, 0.29) is 11.8 Å². The third-order valence-corrected chi connectivity index (χ3v) is 5.01. The van der Waals surface area contributed by atoms with Crippen molar-refractivity contribution in [3.05, 3.63) is 41.9 Å². The molecule has 26 heavy (non-hydrogen) atoms. The molecule has 0 aromatic carbocycles. The molecule has 2 fully saturated rings. The maximum atomic E-state index is 12.9. The molecule has 2 N–H and O–H groups in total. The van der Waals surface area contributed by atoms with Gasteiger partial charge in [0.1, 0.15) is 11.8 Å². The number of likely N-dealkylation sites (tertiary alicyclic amines) is 1. The zero-order valence-corrected chi connectivity index (χ0v) is 14.6. The van der Waals surface area contributed by atoms with Crippen LogP contribution in [0.25, 0.3) is 0 Å². The van der Waals surface area contributed by atoms with Gasteiger partial charge in [-0.1, -0.05) is 0 Å². The smallest absolute Gasteiger partial charge is 0.290 e. The third-order valence-electron chi connectivity index (χ3n) is 5.01. The second kappa shape index (κ2) is 7.33. The highest BCUT2D eigenvalue weighted by Crippen LogP contribution is 2.19. The number of nitrogens with zero attached hydrogens (tertiary/aromatic N) is 3. The largest absolute Gasteiger partial charge is 0.455 e. The van der Waals surface area contributed by atoms with Gasteiger partial charge in [-0.15, -0.1) is 0 Å². The maximum Gasteiger partial charge on any atom is 0.290 e. The summed E-state index contributed by atoms with van der Waals surface area (Å²) >= 11 is 0. The summed E-state index contributed by atoms with van der Waals surface area (Å²) in [6.45, 7) is 3.79. The van der Waals surface area contributed by atoms with Gasteiger partial charge < -0.3 is 19.6 Å². The Morgan fingerprint density at radius 3 is 2.88 bits per heavy atom. The van der Waals surface area contributed by atoms with Crippen LogP contribution < -0.4 is 5.32 Å². The van der Waals surface area contributed by atoms with Crippen LogP contribution in [0.1, 0.15) is 34.9 Å². The lowest BCUT2D eigenvalue weighted by Crippen LogP contribution is -2.58. The van der Waals surface area contributed by atoms with Gasteiger partial charge in [-0.2, -0.15) is 0 Å². The minimum atomic E-state index is -0.566. The molecule has 0 radical (unpaired) electrons. The number of hydrogen-bond donors (Lipinski definition) is 2. The quantitative estimate of drug-likeness (QED) is 0.825. The second-order valence-corrected chi connectivity index (χ2v) is 6.84. The van der Waals surface area contributed by atoms with E-state index in [0.717, 1.165) is 31.1 Å². The van der Waals surface area contributed by atoms with Gasteiger partial charge in [-0.3, -0.25) is 14.5 Å². The van der Waals surface area contributed by atoms with E-state index in [1.165, 1.54) is 12.8 Å². The average molecular weight is 357 g/mol. The summed E-state index contributed by atoms with van der Waals surface area (Å²) in [5.41, 5.74) is 0.819. The fourth-order valence-corrected chi connectivity index (χ4v) is 3.65. The Kier molecular flexibility index (Phi) is 4.75. The van der Waals surface area contributed by atoms with Crippen molar-refractivity contribution in [3.8, 4) is 0 Å². The Morgan fingerprint density at radius 2 is 2.12 bits per heavy atom. The van der Waals surface area contributed by atoms with E-state index in [2.05, 4.69) is 20.2 Å². The normalized spacial score (nSPS) is 21.2. The number of H-pyrrole nitrogens is 1. The van der Waals surface area contributed by atoms with E-state index in [1.54, 1.807) is 23.5 Å². The molecule has 4 rings (SSSR count). The molecule has 2 aromatic heterocycles. The van der Waals surface area contributed by atoms with Crippen LogP contribution >= 0.6 is 0 Å². The Morgan fingerprint density at radius 1 is 1.27 bits per heavy atom. The molecule has 8 nitrogen and oxygen atoms in total. The van der Waals surface area contributed by atoms with E-state index in [4.69, 9.17) is 4.42 Å². The van der Waals surface area contributed by atoms with Gasteiger partial charge in [-0.25, -0.2) is 4.98 Å². The van der Waals surface area contributed by atoms with E-state index in [1.807, 2.05) is 6.07 Å². The van der Waals surface area contributed by atoms with Crippen LogP contribution in [0, 0.1) is 0 Å². The summed E-state index contributed by atoms with van der Waals surface area (Å²) in [5.74, 6) is 0.699. The first-order chi connectivity index (χ1) is 12.7. The zero-order valence-electron chi connectivity index (χ0n) is 14.6.